The van der Waals surface area contributed by atoms with Crippen LogP contribution < -0.4 is 0 Å². The minimum atomic E-state index is -1.01. The van der Waals surface area contributed by atoms with Crippen molar-refractivity contribution in [3.05, 3.63) is 35.9 Å². The van der Waals surface area contributed by atoms with Crippen LogP contribution in [0.15, 0.2) is 35.4 Å². The Morgan fingerprint density at radius 3 is 1.91 bits per heavy atom. The van der Waals surface area contributed by atoms with Crippen molar-refractivity contribution in [2.45, 2.75) is 39.9 Å². The van der Waals surface area contributed by atoms with E-state index in [0.29, 0.717) is 10.6 Å². The number of hydrogen-bond donors (Lipinski definition) is 0. The Morgan fingerprint density at radius 1 is 1.04 bits per heavy atom. The van der Waals surface area contributed by atoms with E-state index in [1.165, 1.54) is 0 Å². The number of carbonyl (C=O) groups excluding carboxylic acids is 2. The monoisotopic (exact) mass is 317 g/mol. The second-order valence-electron chi connectivity index (χ2n) is 5.10. The first-order valence-electron chi connectivity index (χ1n) is 7.10. The molecule has 0 heterocycles. The molecule has 7 heteroatoms. The van der Waals surface area contributed by atoms with Crippen LogP contribution in [0.4, 0.5) is 9.59 Å². The smallest absolute Gasteiger partial charge is 0.440 e. The van der Waals surface area contributed by atoms with Crippen molar-refractivity contribution in [2.75, 3.05) is 0 Å². The summed E-state index contributed by atoms with van der Waals surface area (Å²) in [6.45, 7) is 6.54. The Balaban J connectivity index is 3.17. The standard InChI is InChI=1S/C16H19N3O4/c1-11(2)22-15(20)19(16(21)23-12(3)4)18-14(10-17)13-8-6-5-7-9-13/h5-9,11-12H,1-4H3/b18-14+. The predicted octanol–water partition coefficient (Wildman–Crippen LogP) is 3.31. The van der Waals surface area contributed by atoms with Crippen LogP contribution in [0.3, 0.4) is 0 Å². The predicted molar refractivity (Wildman–Crippen MR) is 83.7 cm³/mol. The molecule has 2 amide bonds. The highest BCUT2D eigenvalue weighted by Crippen LogP contribution is 2.08. The zero-order valence-corrected chi connectivity index (χ0v) is 13.5. The minimum Gasteiger partial charge on any atom is -0.445 e. The third kappa shape index (κ3) is 5.79. The third-order valence-electron chi connectivity index (χ3n) is 2.37. The van der Waals surface area contributed by atoms with Crippen molar-refractivity contribution < 1.29 is 19.1 Å². The van der Waals surface area contributed by atoms with Crippen molar-refractivity contribution in [3.8, 4) is 6.07 Å². The van der Waals surface area contributed by atoms with Crippen LogP contribution in [0, 0.1) is 11.3 Å². The SMILES string of the molecule is CC(C)OC(=O)N(/N=C(\C#N)c1ccccc1)C(=O)OC(C)C. The highest BCUT2D eigenvalue weighted by Gasteiger charge is 2.27. The summed E-state index contributed by atoms with van der Waals surface area (Å²) in [6.07, 6.45) is -2.91. The molecule has 0 aromatic heterocycles. The third-order valence-corrected chi connectivity index (χ3v) is 2.37. The van der Waals surface area contributed by atoms with E-state index >= 15 is 0 Å². The minimum absolute atomic E-state index is 0.105. The van der Waals surface area contributed by atoms with Gasteiger partial charge in [-0.15, -0.1) is 5.10 Å². The van der Waals surface area contributed by atoms with Crippen LogP contribution in [0.1, 0.15) is 33.3 Å². The molecule has 0 saturated carbocycles. The van der Waals surface area contributed by atoms with E-state index in [2.05, 4.69) is 5.10 Å². The second-order valence-corrected chi connectivity index (χ2v) is 5.10. The Morgan fingerprint density at radius 2 is 1.52 bits per heavy atom. The van der Waals surface area contributed by atoms with Gasteiger partial charge >= 0.3 is 12.2 Å². The molecular formula is C16H19N3O4. The lowest BCUT2D eigenvalue weighted by molar-refractivity contribution is 0.0518. The highest BCUT2D eigenvalue weighted by atomic mass is 16.6. The summed E-state index contributed by atoms with van der Waals surface area (Å²) >= 11 is 0. The van der Waals surface area contributed by atoms with Crippen LogP contribution >= 0.6 is 0 Å². The van der Waals surface area contributed by atoms with Crippen molar-refractivity contribution in [2.24, 2.45) is 5.10 Å². The molecule has 1 aromatic carbocycles. The topological polar surface area (TPSA) is 92.0 Å². The van der Waals surface area contributed by atoms with Crippen molar-refractivity contribution in [1.82, 2.24) is 5.01 Å². The summed E-state index contributed by atoms with van der Waals surface area (Å²) in [7, 11) is 0. The van der Waals surface area contributed by atoms with Crippen LogP contribution in [-0.2, 0) is 9.47 Å². The number of hydrazone groups is 1. The Kier molecular flexibility index (Phi) is 6.74. The van der Waals surface area contributed by atoms with E-state index in [-0.39, 0.29) is 5.71 Å². The maximum atomic E-state index is 12.0. The Hall–Kier alpha value is -2.88. The zero-order chi connectivity index (χ0) is 17.4. The average molecular weight is 317 g/mol. The van der Waals surface area contributed by atoms with Gasteiger partial charge in [-0.25, -0.2) is 9.59 Å². The quantitative estimate of drug-likeness (QED) is 0.627. The van der Waals surface area contributed by atoms with Gasteiger partial charge in [0.1, 0.15) is 6.07 Å². The van der Waals surface area contributed by atoms with Gasteiger partial charge in [0.05, 0.1) is 12.2 Å². The first-order valence-corrected chi connectivity index (χ1v) is 7.10. The van der Waals surface area contributed by atoms with Gasteiger partial charge < -0.3 is 9.47 Å². The van der Waals surface area contributed by atoms with Crippen molar-refractivity contribution in [3.63, 3.8) is 0 Å². The zero-order valence-electron chi connectivity index (χ0n) is 13.5. The van der Waals surface area contributed by atoms with Crippen LogP contribution in [0.2, 0.25) is 0 Å². The Bertz CT molecular complexity index is 596. The summed E-state index contributed by atoms with van der Waals surface area (Å²) in [5.74, 6) is 0. The Labute approximate surface area is 135 Å². The van der Waals surface area contributed by atoms with Gasteiger partial charge in [-0.1, -0.05) is 35.3 Å². The lowest BCUT2D eigenvalue weighted by atomic mass is 10.1. The summed E-state index contributed by atoms with van der Waals surface area (Å²) in [5, 5.41) is 13.5. The molecule has 0 atom stereocenters. The van der Waals surface area contributed by atoms with Gasteiger partial charge in [-0.2, -0.15) is 5.26 Å². The molecule has 0 unspecified atom stereocenters. The van der Waals surface area contributed by atoms with Gasteiger partial charge in [0.25, 0.3) is 0 Å². The molecule has 0 aliphatic carbocycles. The number of nitriles is 1. The van der Waals surface area contributed by atoms with Crippen molar-refractivity contribution in [1.29, 1.82) is 5.26 Å². The summed E-state index contributed by atoms with van der Waals surface area (Å²) < 4.78 is 9.93. The number of ether oxygens (including phenoxy) is 2. The average Bonchev–Trinajstić information content (AvgIpc) is 2.47. The molecule has 23 heavy (non-hydrogen) atoms. The van der Waals surface area contributed by atoms with Gasteiger partial charge in [-0.05, 0) is 27.7 Å². The number of hydrogen-bond acceptors (Lipinski definition) is 6. The fraction of sp³-hybridized carbons (Fsp3) is 0.375. The van der Waals surface area contributed by atoms with Gasteiger partial charge in [0.2, 0.25) is 0 Å². The number of amides is 2. The lowest BCUT2D eigenvalue weighted by Gasteiger charge is -2.18. The van der Waals surface area contributed by atoms with Crippen LogP contribution in [0.5, 0.6) is 0 Å². The van der Waals surface area contributed by atoms with E-state index in [0.717, 1.165) is 0 Å². The van der Waals surface area contributed by atoms with Crippen molar-refractivity contribution >= 4 is 17.9 Å². The second kappa shape index (κ2) is 8.54. The molecule has 122 valence electrons. The summed E-state index contributed by atoms with van der Waals surface area (Å²) in [6, 6.07) is 10.3. The molecule has 1 aromatic rings. The molecule has 0 spiro atoms. The number of carbonyl (C=O) groups is 2. The number of benzene rings is 1. The largest absolute Gasteiger partial charge is 0.445 e. The summed E-state index contributed by atoms with van der Waals surface area (Å²) in [5.41, 5.74) is 0.363. The van der Waals surface area contributed by atoms with Crippen LogP contribution in [-0.4, -0.2) is 35.1 Å². The number of rotatable bonds is 4. The summed E-state index contributed by atoms with van der Waals surface area (Å²) in [4.78, 5) is 24.1. The van der Waals surface area contributed by atoms with E-state index in [4.69, 9.17) is 9.47 Å². The number of nitrogens with zero attached hydrogens (tertiary/aromatic N) is 3. The molecule has 1 rings (SSSR count). The van der Waals surface area contributed by atoms with E-state index < -0.39 is 24.4 Å². The first-order chi connectivity index (χ1) is 10.8. The molecule has 0 aliphatic rings. The molecule has 0 N–H and O–H groups in total. The normalized spacial score (nSPS) is 11.1. The van der Waals surface area contributed by atoms with Crippen LogP contribution in [0.25, 0.3) is 0 Å². The molecule has 0 radical (unpaired) electrons. The molecule has 0 fully saturated rings. The fourth-order valence-electron chi connectivity index (χ4n) is 1.50. The van der Waals surface area contributed by atoms with Gasteiger partial charge in [0, 0.05) is 5.56 Å². The maximum absolute atomic E-state index is 12.0. The van der Waals surface area contributed by atoms with E-state index in [9.17, 15) is 14.9 Å². The molecule has 0 saturated heterocycles. The lowest BCUT2D eigenvalue weighted by Crippen LogP contribution is -2.36. The van der Waals surface area contributed by atoms with Gasteiger partial charge in [-0.3, -0.25) is 0 Å². The number of imide groups is 1. The highest BCUT2D eigenvalue weighted by molar-refractivity contribution is 6.12. The first kappa shape index (κ1) is 18.2. The van der Waals surface area contributed by atoms with Gasteiger partial charge in [0.15, 0.2) is 5.71 Å². The molecule has 0 aliphatic heterocycles. The molecule has 0 bridgehead atoms. The molecular weight excluding hydrogens is 298 g/mol. The molecule has 7 nitrogen and oxygen atoms in total. The fourth-order valence-corrected chi connectivity index (χ4v) is 1.50. The maximum Gasteiger partial charge on any atom is 0.440 e. The van der Waals surface area contributed by atoms with E-state index in [1.54, 1.807) is 58.0 Å². The van der Waals surface area contributed by atoms with E-state index in [1.807, 2.05) is 6.07 Å².